The van der Waals surface area contributed by atoms with E-state index in [2.05, 4.69) is 5.32 Å². The topological polar surface area (TPSA) is 67.6 Å². The molecule has 0 unspecified atom stereocenters. The van der Waals surface area contributed by atoms with Gasteiger partial charge in [-0.25, -0.2) is 0 Å². The molecule has 1 saturated carbocycles. The van der Waals surface area contributed by atoms with Crippen LogP contribution in [-0.4, -0.2) is 44.7 Å². The molecule has 1 amide bonds. The van der Waals surface area contributed by atoms with Gasteiger partial charge in [-0.1, -0.05) is 0 Å². The number of hydrogen-bond donors (Lipinski definition) is 2. The first-order chi connectivity index (χ1) is 9.08. The van der Waals surface area contributed by atoms with Crippen LogP contribution in [0.1, 0.15) is 22.5 Å². The Kier molecular flexibility index (Phi) is 4.66. The van der Waals surface area contributed by atoms with Gasteiger partial charge in [0.15, 0.2) is 0 Å². The molecular formula is C13H21N3O2S. The highest BCUT2D eigenvalue weighted by Crippen LogP contribution is 2.30. The maximum absolute atomic E-state index is 11.8. The number of nitrogens with two attached hydrogens (primary N) is 1. The third kappa shape index (κ3) is 4.11. The van der Waals surface area contributed by atoms with Crippen molar-refractivity contribution in [3.63, 3.8) is 0 Å². The number of hydrogen-bond acceptors (Lipinski definition) is 5. The molecule has 1 heterocycles. The Balaban J connectivity index is 1.76. The minimum atomic E-state index is -0.0551. The van der Waals surface area contributed by atoms with Crippen molar-refractivity contribution in [1.29, 1.82) is 0 Å². The van der Waals surface area contributed by atoms with E-state index in [0.717, 1.165) is 24.1 Å². The minimum Gasteiger partial charge on any atom is -0.397 e. The summed E-state index contributed by atoms with van der Waals surface area (Å²) in [4.78, 5) is 14.0. The van der Waals surface area contributed by atoms with Crippen molar-refractivity contribution in [1.82, 2.24) is 4.90 Å². The van der Waals surface area contributed by atoms with Gasteiger partial charge in [-0.3, -0.25) is 4.79 Å². The number of rotatable bonds is 7. The fourth-order valence-electron chi connectivity index (χ4n) is 1.64. The lowest BCUT2D eigenvalue weighted by Gasteiger charge is -2.08. The Morgan fingerprint density at radius 3 is 2.95 bits per heavy atom. The van der Waals surface area contributed by atoms with Crippen LogP contribution in [-0.2, 0) is 4.74 Å². The number of carbonyl (C=O) groups excluding carboxylic acids is 1. The van der Waals surface area contributed by atoms with E-state index in [9.17, 15) is 4.79 Å². The van der Waals surface area contributed by atoms with Crippen LogP contribution in [0, 0.1) is 5.92 Å². The van der Waals surface area contributed by atoms with Crippen LogP contribution in [0.3, 0.4) is 0 Å². The Morgan fingerprint density at radius 1 is 1.58 bits per heavy atom. The quantitative estimate of drug-likeness (QED) is 0.750. The van der Waals surface area contributed by atoms with Crippen LogP contribution in [0.15, 0.2) is 6.07 Å². The summed E-state index contributed by atoms with van der Waals surface area (Å²) in [5, 5.41) is 4.15. The third-order valence-electron chi connectivity index (χ3n) is 2.96. The number of nitrogen functional groups attached to an aromatic ring is 1. The van der Waals surface area contributed by atoms with Gasteiger partial charge < -0.3 is 20.7 Å². The van der Waals surface area contributed by atoms with Crippen molar-refractivity contribution in [2.45, 2.75) is 12.8 Å². The van der Waals surface area contributed by atoms with Gasteiger partial charge >= 0.3 is 0 Å². The number of ether oxygens (including phenoxy) is 1. The van der Waals surface area contributed by atoms with Crippen LogP contribution in [0.5, 0.6) is 0 Å². The van der Waals surface area contributed by atoms with Crippen molar-refractivity contribution >= 4 is 27.9 Å². The lowest BCUT2D eigenvalue weighted by atomic mass is 10.3. The molecular weight excluding hydrogens is 262 g/mol. The van der Waals surface area contributed by atoms with E-state index >= 15 is 0 Å². The van der Waals surface area contributed by atoms with E-state index in [1.54, 1.807) is 14.1 Å². The van der Waals surface area contributed by atoms with E-state index in [0.29, 0.717) is 17.2 Å². The molecule has 6 heteroatoms. The zero-order valence-electron chi connectivity index (χ0n) is 11.4. The van der Waals surface area contributed by atoms with Gasteiger partial charge in [0.25, 0.3) is 5.91 Å². The molecule has 1 aromatic heterocycles. The fourth-order valence-corrected chi connectivity index (χ4v) is 2.67. The molecule has 0 aliphatic heterocycles. The van der Waals surface area contributed by atoms with E-state index in [4.69, 9.17) is 10.5 Å². The van der Waals surface area contributed by atoms with Crippen molar-refractivity contribution < 1.29 is 9.53 Å². The van der Waals surface area contributed by atoms with Crippen LogP contribution in [0.25, 0.3) is 0 Å². The maximum Gasteiger partial charge on any atom is 0.265 e. The molecule has 3 N–H and O–H groups in total. The lowest BCUT2D eigenvalue weighted by Crippen LogP contribution is -2.21. The highest BCUT2D eigenvalue weighted by atomic mass is 32.1. The summed E-state index contributed by atoms with van der Waals surface area (Å²) in [6.45, 7) is 2.30. The average Bonchev–Trinajstić information content (AvgIpc) is 3.11. The monoisotopic (exact) mass is 283 g/mol. The molecule has 19 heavy (non-hydrogen) atoms. The standard InChI is InChI=1S/C13H21N3O2S/c1-16(2)13(17)12-10(14)7-11(19-12)15-5-6-18-8-9-3-4-9/h7,9,15H,3-6,8,14H2,1-2H3. The fraction of sp³-hybridized carbons (Fsp3) is 0.615. The first-order valence-corrected chi connectivity index (χ1v) is 7.32. The molecule has 106 valence electrons. The minimum absolute atomic E-state index is 0.0551. The van der Waals surface area contributed by atoms with Gasteiger partial charge in [0.1, 0.15) is 4.88 Å². The first kappa shape index (κ1) is 14.1. The summed E-state index contributed by atoms with van der Waals surface area (Å²) in [6, 6.07) is 1.81. The molecule has 1 aliphatic carbocycles. The van der Waals surface area contributed by atoms with Crippen LogP contribution in [0.2, 0.25) is 0 Å². The predicted molar refractivity (Wildman–Crippen MR) is 78.8 cm³/mol. The van der Waals surface area contributed by atoms with Crippen molar-refractivity contribution in [3.8, 4) is 0 Å². The Hall–Kier alpha value is -1.27. The molecule has 0 atom stereocenters. The highest BCUT2D eigenvalue weighted by molar-refractivity contribution is 7.18. The molecule has 0 saturated heterocycles. The van der Waals surface area contributed by atoms with Crippen molar-refractivity contribution in [3.05, 3.63) is 10.9 Å². The molecule has 0 bridgehead atoms. The number of thiophene rings is 1. The first-order valence-electron chi connectivity index (χ1n) is 6.50. The van der Waals surface area contributed by atoms with Gasteiger partial charge in [-0.2, -0.15) is 0 Å². The summed E-state index contributed by atoms with van der Waals surface area (Å²) in [5.41, 5.74) is 6.38. The number of nitrogens with zero attached hydrogens (tertiary/aromatic N) is 1. The predicted octanol–water partition coefficient (Wildman–Crippen LogP) is 1.87. The van der Waals surface area contributed by atoms with Crippen molar-refractivity contribution in [2.24, 2.45) is 5.92 Å². The van der Waals surface area contributed by atoms with E-state index in [-0.39, 0.29) is 5.91 Å². The molecule has 0 radical (unpaired) electrons. The smallest absolute Gasteiger partial charge is 0.265 e. The van der Waals surface area contributed by atoms with Crippen molar-refractivity contribution in [2.75, 3.05) is 44.9 Å². The lowest BCUT2D eigenvalue weighted by molar-refractivity contribution is 0.0833. The Morgan fingerprint density at radius 2 is 2.32 bits per heavy atom. The Labute approximate surface area is 117 Å². The summed E-state index contributed by atoms with van der Waals surface area (Å²) < 4.78 is 5.54. The van der Waals surface area contributed by atoms with Gasteiger partial charge in [0.2, 0.25) is 0 Å². The van der Waals surface area contributed by atoms with Crippen LogP contribution >= 0.6 is 11.3 Å². The van der Waals surface area contributed by atoms with Crippen LogP contribution in [0.4, 0.5) is 10.7 Å². The number of nitrogens with one attached hydrogen (secondary N) is 1. The van der Waals surface area contributed by atoms with E-state index in [1.165, 1.54) is 29.1 Å². The van der Waals surface area contributed by atoms with E-state index in [1.807, 2.05) is 6.07 Å². The van der Waals surface area contributed by atoms with E-state index < -0.39 is 0 Å². The van der Waals surface area contributed by atoms with Gasteiger partial charge in [-0.15, -0.1) is 11.3 Å². The zero-order valence-corrected chi connectivity index (χ0v) is 12.3. The normalized spacial score (nSPS) is 14.4. The molecule has 1 aromatic rings. The molecule has 5 nitrogen and oxygen atoms in total. The second-order valence-electron chi connectivity index (χ2n) is 5.04. The van der Waals surface area contributed by atoms with Gasteiger partial charge in [0.05, 0.1) is 17.3 Å². The summed E-state index contributed by atoms with van der Waals surface area (Å²) >= 11 is 1.39. The highest BCUT2D eigenvalue weighted by Gasteiger charge is 2.21. The number of amides is 1. The number of anilines is 2. The zero-order chi connectivity index (χ0) is 13.8. The average molecular weight is 283 g/mol. The third-order valence-corrected chi connectivity index (χ3v) is 4.05. The van der Waals surface area contributed by atoms with Gasteiger partial charge in [-0.05, 0) is 24.8 Å². The summed E-state index contributed by atoms with van der Waals surface area (Å²) in [6.07, 6.45) is 2.62. The summed E-state index contributed by atoms with van der Waals surface area (Å²) in [5.74, 6) is 0.738. The largest absolute Gasteiger partial charge is 0.397 e. The molecule has 1 aliphatic rings. The maximum atomic E-state index is 11.8. The summed E-state index contributed by atoms with van der Waals surface area (Å²) in [7, 11) is 3.45. The molecule has 0 aromatic carbocycles. The molecule has 0 spiro atoms. The number of carbonyl (C=O) groups is 1. The molecule has 2 rings (SSSR count). The second-order valence-corrected chi connectivity index (χ2v) is 6.09. The second kappa shape index (κ2) is 6.25. The van der Waals surface area contributed by atoms with Crippen LogP contribution < -0.4 is 11.1 Å². The SMILES string of the molecule is CN(C)C(=O)c1sc(NCCOCC2CC2)cc1N. The molecule has 1 fully saturated rings. The Bertz CT molecular complexity index is 441. The van der Waals surface area contributed by atoms with Gasteiger partial charge in [0, 0.05) is 27.2 Å².